The summed E-state index contributed by atoms with van der Waals surface area (Å²) in [5.41, 5.74) is 4.74. The van der Waals surface area contributed by atoms with Gasteiger partial charge in [-0.15, -0.1) is 0 Å². The van der Waals surface area contributed by atoms with Crippen molar-refractivity contribution in [3.8, 4) is 11.3 Å². The molecule has 1 fully saturated rings. The summed E-state index contributed by atoms with van der Waals surface area (Å²) < 4.78 is 18.7. The SMILES string of the molecule is Cc1noc2c(NC3CCN(C)CC3)cc(-c3ccc(F)cc3)nc12. The van der Waals surface area contributed by atoms with Gasteiger partial charge in [0.25, 0.3) is 0 Å². The van der Waals surface area contributed by atoms with Gasteiger partial charge >= 0.3 is 0 Å². The van der Waals surface area contributed by atoms with Crippen molar-refractivity contribution in [1.82, 2.24) is 15.0 Å². The molecule has 6 heteroatoms. The van der Waals surface area contributed by atoms with Crippen LogP contribution in [0, 0.1) is 12.7 Å². The van der Waals surface area contributed by atoms with Gasteiger partial charge in [-0.1, -0.05) is 5.16 Å². The zero-order chi connectivity index (χ0) is 17.4. The lowest BCUT2D eigenvalue weighted by atomic mass is 10.0. The highest BCUT2D eigenvalue weighted by atomic mass is 19.1. The van der Waals surface area contributed by atoms with E-state index in [1.54, 1.807) is 12.1 Å². The maximum atomic E-state index is 13.2. The van der Waals surface area contributed by atoms with Gasteiger partial charge in [0.05, 0.1) is 11.4 Å². The van der Waals surface area contributed by atoms with Crippen LogP contribution in [0.5, 0.6) is 0 Å². The number of fused-ring (bicyclic) bond motifs is 1. The molecular formula is C19H21FN4O. The molecule has 1 N–H and O–H groups in total. The molecule has 0 unspecified atom stereocenters. The summed E-state index contributed by atoms with van der Waals surface area (Å²) in [6.45, 7) is 4.03. The van der Waals surface area contributed by atoms with Crippen LogP contribution in [0.2, 0.25) is 0 Å². The number of pyridine rings is 1. The summed E-state index contributed by atoms with van der Waals surface area (Å²) >= 11 is 0. The molecule has 5 nitrogen and oxygen atoms in total. The summed E-state index contributed by atoms with van der Waals surface area (Å²) in [4.78, 5) is 7.01. The summed E-state index contributed by atoms with van der Waals surface area (Å²) in [7, 11) is 2.15. The van der Waals surface area contributed by atoms with E-state index in [0.717, 1.165) is 54.1 Å². The normalized spacial score (nSPS) is 16.4. The Balaban J connectivity index is 1.73. The van der Waals surface area contributed by atoms with Crippen LogP contribution in [0.15, 0.2) is 34.9 Å². The maximum absolute atomic E-state index is 13.2. The van der Waals surface area contributed by atoms with E-state index in [9.17, 15) is 4.39 Å². The number of aromatic nitrogens is 2. The second-order valence-electron chi connectivity index (χ2n) is 6.73. The number of hydrogen-bond acceptors (Lipinski definition) is 5. The van der Waals surface area contributed by atoms with E-state index in [4.69, 9.17) is 4.52 Å². The fourth-order valence-corrected chi connectivity index (χ4v) is 3.28. The molecule has 1 aromatic carbocycles. The Bertz CT molecular complexity index is 882. The van der Waals surface area contributed by atoms with E-state index in [1.165, 1.54) is 12.1 Å². The Morgan fingerprint density at radius 2 is 1.92 bits per heavy atom. The number of nitrogens with zero attached hydrogens (tertiary/aromatic N) is 3. The van der Waals surface area contributed by atoms with Gasteiger partial charge in [-0.25, -0.2) is 9.37 Å². The van der Waals surface area contributed by atoms with Gasteiger partial charge in [0.15, 0.2) is 0 Å². The minimum atomic E-state index is -0.254. The topological polar surface area (TPSA) is 54.2 Å². The Kier molecular flexibility index (Phi) is 4.13. The Hall–Kier alpha value is -2.47. The molecule has 3 aromatic rings. The van der Waals surface area contributed by atoms with E-state index in [-0.39, 0.29) is 5.82 Å². The molecule has 0 spiro atoms. The molecule has 1 saturated heterocycles. The van der Waals surface area contributed by atoms with E-state index in [1.807, 2.05) is 13.0 Å². The first kappa shape index (κ1) is 16.0. The van der Waals surface area contributed by atoms with Crippen LogP contribution in [0.1, 0.15) is 18.5 Å². The van der Waals surface area contributed by atoms with Crippen molar-refractivity contribution in [2.24, 2.45) is 0 Å². The Morgan fingerprint density at radius 3 is 2.64 bits per heavy atom. The van der Waals surface area contributed by atoms with Gasteiger partial charge in [-0.05, 0) is 70.2 Å². The molecule has 0 bridgehead atoms. The molecule has 1 aliphatic rings. The second-order valence-corrected chi connectivity index (χ2v) is 6.73. The lowest BCUT2D eigenvalue weighted by Crippen LogP contribution is -2.36. The first-order valence-electron chi connectivity index (χ1n) is 8.58. The number of nitrogens with one attached hydrogen (secondary N) is 1. The highest BCUT2D eigenvalue weighted by Gasteiger charge is 2.20. The fourth-order valence-electron chi connectivity index (χ4n) is 3.28. The van der Waals surface area contributed by atoms with Crippen LogP contribution in [0.25, 0.3) is 22.4 Å². The van der Waals surface area contributed by atoms with Crippen LogP contribution in [0.3, 0.4) is 0 Å². The highest BCUT2D eigenvalue weighted by Crippen LogP contribution is 2.31. The van der Waals surface area contributed by atoms with Crippen molar-refractivity contribution >= 4 is 16.8 Å². The number of rotatable bonds is 3. The number of anilines is 1. The summed E-state index contributed by atoms with van der Waals surface area (Å²) in [5.74, 6) is -0.254. The van der Waals surface area contributed by atoms with Crippen molar-refractivity contribution in [2.45, 2.75) is 25.8 Å². The highest BCUT2D eigenvalue weighted by molar-refractivity contribution is 5.90. The number of halogens is 1. The smallest absolute Gasteiger partial charge is 0.208 e. The molecule has 0 saturated carbocycles. The van der Waals surface area contributed by atoms with Crippen molar-refractivity contribution < 1.29 is 8.91 Å². The maximum Gasteiger partial charge on any atom is 0.208 e. The van der Waals surface area contributed by atoms with E-state index in [0.29, 0.717) is 11.6 Å². The van der Waals surface area contributed by atoms with Crippen molar-refractivity contribution in [3.05, 3.63) is 41.8 Å². The van der Waals surface area contributed by atoms with Gasteiger partial charge in [0, 0.05) is 11.6 Å². The lowest BCUT2D eigenvalue weighted by Gasteiger charge is -2.30. The minimum absolute atomic E-state index is 0.254. The average Bonchev–Trinajstić information content (AvgIpc) is 2.99. The first-order valence-corrected chi connectivity index (χ1v) is 8.58. The van der Waals surface area contributed by atoms with E-state index in [2.05, 4.69) is 27.4 Å². The van der Waals surface area contributed by atoms with Crippen molar-refractivity contribution in [2.75, 3.05) is 25.5 Å². The predicted octanol–water partition coefficient (Wildman–Crippen LogP) is 3.84. The molecule has 4 rings (SSSR count). The molecule has 0 atom stereocenters. The number of hydrogen-bond donors (Lipinski definition) is 1. The molecule has 0 aliphatic carbocycles. The van der Waals surface area contributed by atoms with Gasteiger partial charge in [0.2, 0.25) is 5.58 Å². The Labute approximate surface area is 145 Å². The van der Waals surface area contributed by atoms with Crippen LogP contribution in [-0.2, 0) is 0 Å². The van der Waals surface area contributed by atoms with E-state index >= 15 is 0 Å². The quantitative estimate of drug-likeness (QED) is 0.785. The summed E-state index contributed by atoms with van der Waals surface area (Å²) in [6, 6.07) is 8.75. The molecule has 0 radical (unpaired) electrons. The molecule has 2 aromatic heterocycles. The third kappa shape index (κ3) is 3.22. The standard InChI is InChI=1S/C19H21FN4O/c1-12-18-19(25-23-12)17(21-15-7-9-24(2)10-8-15)11-16(22-18)13-3-5-14(20)6-4-13/h3-6,11,15H,7-10H2,1-2H3,(H,21,22). The first-order chi connectivity index (χ1) is 12.1. The van der Waals surface area contributed by atoms with E-state index < -0.39 is 0 Å². The molecule has 0 amide bonds. The van der Waals surface area contributed by atoms with Crippen LogP contribution in [-0.4, -0.2) is 41.2 Å². The largest absolute Gasteiger partial charge is 0.379 e. The molecular weight excluding hydrogens is 319 g/mol. The van der Waals surface area contributed by atoms with Gasteiger partial charge in [0.1, 0.15) is 17.0 Å². The predicted molar refractivity (Wildman–Crippen MR) is 96.1 cm³/mol. The third-order valence-electron chi connectivity index (χ3n) is 4.81. The number of likely N-dealkylation sites (tertiary alicyclic amines) is 1. The second kappa shape index (κ2) is 6.44. The lowest BCUT2D eigenvalue weighted by molar-refractivity contribution is 0.264. The van der Waals surface area contributed by atoms with Crippen molar-refractivity contribution in [1.29, 1.82) is 0 Å². The fraction of sp³-hybridized carbons (Fsp3) is 0.368. The summed E-state index contributed by atoms with van der Waals surface area (Å²) in [6.07, 6.45) is 2.17. The average molecular weight is 340 g/mol. The zero-order valence-corrected chi connectivity index (χ0v) is 14.4. The van der Waals surface area contributed by atoms with Crippen LogP contribution in [0.4, 0.5) is 10.1 Å². The van der Waals surface area contributed by atoms with Crippen LogP contribution < -0.4 is 5.32 Å². The zero-order valence-electron chi connectivity index (χ0n) is 14.4. The number of aryl methyl sites for hydroxylation is 1. The molecule has 1 aliphatic heterocycles. The van der Waals surface area contributed by atoms with Gasteiger partial charge < -0.3 is 14.7 Å². The summed E-state index contributed by atoms with van der Waals surface area (Å²) in [5, 5.41) is 7.67. The monoisotopic (exact) mass is 340 g/mol. The van der Waals surface area contributed by atoms with Gasteiger partial charge in [-0.3, -0.25) is 0 Å². The number of benzene rings is 1. The van der Waals surface area contributed by atoms with Gasteiger partial charge in [-0.2, -0.15) is 0 Å². The van der Waals surface area contributed by atoms with Crippen LogP contribution >= 0.6 is 0 Å². The third-order valence-corrected chi connectivity index (χ3v) is 4.81. The van der Waals surface area contributed by atoms with Crippen molar-refractivity contribution in [3.63, 3.8) is 0 Å². The Morgan fingerprint density at radius 1 is 1.20 bits per heavy atom. The molecule has 3 heterocycles. The molecule has 130 valence electrons. The number of piperidine rings is 1. The molecule has 25 heavy (non-hydrogen) atoms. The minimum Gasteiger partial charge on any atom is -0.379 e.